The molecule has 0 radical (unpaired) electrons. The van der Waals surface area contributed by atoms with Gasteiger partial charge in [0.1, 0.15) is 5.54 Å². The maximum absolute atomic E-state index is 12.2. The molecule has 0 aromatic carbocycles. The normalized spacial score (nSPS) is 36.6. The van der Waals surface area contributed by atoms with Crippen molar-refractivity contribution in [2.24, 2.45) is 17.1 Å². The molecule has 1 aliphatic heterocycles. The first kappa shape index (κ1) is 15.5. The van der Waals surface area contributed by atoms with Crippen molar-refractivity contribution < 1.29 is 9.53 Å². The van der Waals surface area contributed by atoms with Crippen LogP contribution < -0.4 is 11.1 Å². The van der Waals surface area contributed by atoms with Crippen LogP contribution >= 0.6 is 12.4 Å². The number of rotatable bonds is 3. The maximum atomic E-state index is 12.2. The van der Waals surface area contributed by atoms with Crippen molar-refractivity contribution in [2.75, 3.05) is 13.2 Å². The number of nitrogens with two attached hydrogens (primary N) is 1. The van der Waals surface area contributed by atoms with E-state index in [2.05, 4.69) is 11.9 Å². The lowest BCUT2D eigenvalue weighted by atomic mass is 9.46. The molecule has 2 rings (SSSR count). The summed E-state index contributed by atoms with van der Waals surface area (Å²) in [7, 11) is 0. The molecule has 0 aromatic rings. The highest BCUT2D eigenvalue weighted by Crippen LogP contribution is 2.57. The Hall–Kier alpha value is -0.580. The van der Waals surface area contributed by atoms with Gasteiger partial charge in [0.2, 0.25) is 5.91 Å². The summed E-state index contributed by atoms with van der Waals surface area (Å²) in [5.41, 5.74) is 5.29. The molecule has 104 valence electrons. The molecule has 2 fully saturated rings. The van der Waals surface area contributed by atoms with Crippen LogP contribution in [0.4, 0.5) is 0 Å². The molecule has 1 saturated carbocycles. The Morgan fingerprint density at radius 3 is 2.89 bits per heavy atom. The van der Waals surface area contributed by atoms with Crippen LogP contribution in [0.25, 0.3) is 0 Å². The van der Waals surface area contributed by atoms with E-state index in [-0.39, 0.29) is 35.8 Å². The van der Waals surface area contributed by atoms with Crippen molar-refractivity contribution in [3.8, 4) is 0 Å². The fourth-order valence-electron chi connectivity index (χ4n) is 3.35. The summed E-state index contributed by atoms with van der Waals surface area (Å²) in [5.74, 6) is 0.0743. The molecule has 4 nitrogen and oxygen atoms in total. The number of fused-ring (bicyclic) bond motifs is 1. The van der Waals surface area contributed by atoms with Gasteiger partial charge in [-0.25, -0.2) is 0 Å². The number of ether oxygens (including phenoxy) is 1. The predicted molar refractivity (Wildman–Crippen MR) is 73.6 cm³/mol. The molecule has 0 bridgehead atoms. The second-order valence-corrected chi connectivity index (χ2v) is 5.63. The van der Waals surface area contributed by atoms with Crippen LogP contribution in [0.5, 0.6) is 0 Å². The molecule has 1 amide bonds. The Morgan fingerprint density at radius 2 is 2.28 bits per heavy atom. The average molecular weight is 275 g/mol. The van der Waals surface area contributed by atoms with E-state index in [1.807, 2.05) is 13.8 Å². The van der Waals surface area contributed by atoms with Gasteiger partial charge in [0.15, 0.2) is 0 Å². The van der Waals surface area contributed by atoms with Gasteiger partial charge < -0.3 is 15.8 Å². The Kier molecular flexibility index (Phi) is 4.47. The molecular formula is C13H23ClN2O2. The number of carbonyl (C=O) groups excluding carboxylic acids is 1. The van der Waals surface area contributed by atoms with Gasteiger partial charge >= 0.3 is 0 Å². The van der Waals surface area contributed by atoms with E-state index < -0.39 is 5.54 Å². The van der Waals surface area contributed by atoms with Crippen LogP contribution in [0, 0.1) is 11.3 Å². The SMILES string of the molecule is C=CCNC(=O)C1(N)C2CCCOC2C1(C)C.Cl. The molecule has 2 aliphatic rings. The zero-order chi connectivity index (χ0) is 12.7. The highest BCUT2D eigenvalue weighted by atomic mass is 35.5. The van der Waals surface area contributed by atoms with Crippen molar-refractivity contribution in [1.82, 2.24) is 5.32 Å². The lowest BCUT2D eigenvalue weighted by Gasteiger charge is -2.65. The van der Waals surface area contributed by atoms with Gasteiger partial charge in [-0.05, 0) is 12.8 Å². The van der Waals surface area contributed by atoms with Crippen molar-refractivity contribution in [3.05, 3.63) is 12.7 Å². The van der Waals surface area contributed by atoms with Gasteiger partial charge in [0.25, 0.3) is 0 Å². The molecular weight excluding hydrogens is 252 g/mol. The summed E-state index contributed by atoms with van der Waals surface area (Å²) in [5, 5.41) is 2.83. The van der Waals surface area contributed by atoms with E-state index in [1.165, 1.54) is 0 Å². The quantitative estimate of drug-likeness (QED) is 0.761. The summed E-state index contributed by atoms with van der Waals surface area (Å²) >= 11 is 0. The zero-order valence-electron chi connectivity index (χ0n) is 11.1. The lowest BCUT2D eigenvalue weighted by molar-refractivity contribution is -0.225. The molecule has 18 heavy (non-hydrogen) atoms. The number of hydrogen-bond acceptors (Lipinski definition) is 3. The molecule has 1 saturated heterocycles. The average Bonchev–Trinajstić information content (AvgIpc) is 2.34. The van der Waals surface area contributed by atoms with Crippen LogP contribution in [0.2, 0.25) is 0 Å². The summed E-state index contributed by atoms with van der Waals surface area (Å²) in [4.78, 5) is 12.2. The van der Waals surface area contributed by atoms with Gasteiger partial charge in [-0.15, -0.1) is 19.0 Å². The Balaban J connectivity index is 0.00000162. The Labute approximate surface area is 115 Å². The first-order chi connectivity index (χ1) is 7.96. The first-order valence-corrected chi connectivity index (χ1v) is 6.26. The third-order valence-corrected chi connectivity index (χ3v) is 4.47. The van der Waals surface area contributed by atoms with Gasteiger partial charge in [-0.2, -0.15) is 0 Å². The fraction of sp³-hybridized carbons (Fsp3) is 0.769. The second-order valence-electron chi connectivity index (χ2n) is 5.63. The van der Waals surface area contributed by atoms with E-state index in [9.17, 15) is 4.79 Å². The maximum Gasteiger partial charge on any atom is 0.241 e. The third-order valence-electron chi connectivity index (χ3n) is 4.47. The second kappa shape index (κ2) is 5.19. The van der Waals surface area contributed by atoms with Crippen LogP contribution in [-0.4, -0.2) is 30.7 Å². The first-order valence-electron chi connectivity index (χ1n) is 6.26. The number of nitrogens with one attached hydrogen (secondary N) is 1. The van der Waals surface area contributed by atoms with E-state index in [0.717, 1.165) is 19.4 Å². The minimum Gasteiger partial charge on any atom is -0.377 e. The minimum absolute atomic E-state index is 0. The lowest BCUT2D eigenvalue weighted by Crippen LogP contribution is -2.82. The van der Waals surface area contributed by atoms with Crippen LogP contribution in [0.1, 0.15) is 26.7 Å². The van der Waals surface area contributed by atoms with Crippen molar-refractivity contribution >= 4 is 18.3 Å². The molecule has 1 heterocycles. The smallest absolute Gasteiger partial charge is 0.241 e. The molecule has 5 heteroatoms. The van der Waals surface area contributed by atoms with E-state index >= 15 is 0 Å². The number of hydrogen-bond donors (Lipinski definition) is 2. The van der Waals surface area contributed by atoms with Gasteiger partial charge in [0, 0.05) is 24.5 Å². The highest BCUT2D eigenvalue weighted by Gasteiger charge is 2.70. The summed E-state index contributed by atoms with van der Waals surface area (Å²) < 4.78 is 5.76. The standard InChI is InChI=1S/C13H22N2O2.ClH/c1-4-7-15-11(16)13(14)9-6-5-8-17-10(9)12(13,2)3;/h4,9-10H,1,5-8,14H2,2-3H3,(H,15,16);1H. The molecule has 0 aromatic heterocycles. The van der Waals surface area contributed by atoms with Crippen molar-refractivity contribution in [1.29, 1.82) is 0 Å². The molecule has 3 unspecified atom stereocenters. The van der Waals surface area contributed by atoms with E-state index in [0.29, 0.717) is 6.54 Å². The van der Waals surface area contributed by atoms with Gasteiger partial charge in [0.05, 0.1) is 6.10 Å². The van der Waals surface area contributed by atoms with E-state index in [1.54, 1.807) is 6.08 Å². The van der Waals surface area contributed by atoms with Gasteiger partial charge in [-0.1, -0.05) is 19.9 Å². The largest absolute Gasteiger partial charge is 0.377 e. The minimum atomic E-state index is -0.804. The Bertz CT molecular complexity index is 346. The fourth-order valence-corrected chi connectivity index (χ4v) is 3.35. The molecule has 3 atom stereocenters. The number of amides is 1. The molecule has 3 N–H and O–H groups in total. The molecule has 1 aliphatic carbocycles. The summed E-state index contributed by atoms with van der Waals surface area (Å²) in [6, 6.07) is 0. The summed E-state index contributed by atoms with van der Waals surface area (Å²) in [6.07, 6.45) is 3.76. The van der Waals surface area contributed by atoms with E-state index in [4.69, 9.17) is 10.5 Å². The van der Waals surface area contributed by atoms with Crippen molar-refractivity contribution in [3.63, 3.8) is 0 Å². The van der Waals surface area contributed by atoms with Crippen LogP contribution in [0.15, 0.2) is 12.7 Å². The highest BCUT2D eigenvalue weighted by molar-refractivity contribution is 5.89. The zero-order valence-corrected chi connectivity index (χ0v) is 11.9. The molecule has 0 spiro atoms. The topological polar surface area (TPSA) is 64.4 Å². The van der Waals surface area contributed by atoms with Gasteiger partial charge in [-0.3, -0.25) is 4.79 Å². The number of halogens is 1. The summed E-state index contributed by atoms with van der Waals surface area (Å²) in [6.45, 7) is 8.89. The number of carbonyl (C=O) groups is 1. The predicted octanol–water partition coefficient (Wildman–Crippen LogP) is 1.24. The monoisotopic (exact) mass is 274 g/mol. The van der Waals surface area contributed by atoms with Crippen LogP contribution in [-0.2, 0) is 9.53 Å². The Morgan fingerprint density at radius 1 is 1.61 bits per heavy atom. The van der Waals surface area contributed by atoms with Crippen molar-refractivity contribution in [2.45, 2.75) is 38.3 Å². The van der Waals surface area contributed by atoms with Crippen LogP contribution in [0.3, 0.4) is 0 Å². The third kappa shape index (κ3) is 1.87.